The number of ether oxygens (including phenoxy) is 1. The summed E-state index contributed by atoms with van der Waals surface area (Å²) in [6.07, 6.45) is 4.25. The number of hydrogen-bond donors (Lipinski definition) is 1. The summed E-state index contributed by atoms with van der Waals surface area (Å²) in [5.41, 5.74) is 4.63. The molecule has 23 heavy (non-hydrogen) atoms. The van der Waals surface area contributed by atoms with Crippen LogP contribution in [0.15, 0.2) is 54.9 Å². The Morgan fingerprint density at radius 3 is 2.91 bits per heavy atom. The maximum atomic E-state index is 12.4. The first kappa shape index (κ1) is 15.6. The van der Waals surface area contributed by atoms with E-state index in [1.165, 1.54) is 5.56 Å². The molecule has 0 radical (unpaired) electrons. The van der Waals surface area contributed by atoms with E-state index in [0.29, 0.717) is 19.8 Å². The zero-order chi connectivity index (χ0) is 15.9. The predicted octanol–water partition coefficient (Wildman–Crippen LogP) is 2.45. The molecule has 2 aromatic rings. The lowest BCUT2D eigenvalue weighted by Gasteiger charge is -2.30. The molecule has 1 aromatic heterocycles. The predicted molar refractivity (Wildman–Crippen MR) is 85.3 cm³/mol. The van der Waals surface area contributed by atoms with E-state index in [-0.39, 0.29) is 17.7 Å². The van der Waals surface area contributed by atoms with Gasteiger partial charge in [-0.05, 0) is 29.5 Å². The van der Waals surface area contributed by atoms with Crippen molar-refractivity contribution in [3.8, 4) is 0 Å². The fourth-order valence-corrected chi connectivity index (χ4v) is 2.85. The van der Waals surface area contributed by atoms with E-state index in [2.05, 4.69) is 22.6 Å². The molecule has 5 heteroatoms. The Morgan fingerprint density at radius 2 is 2.13 bits per heavy atom. The van der Waals surface area contributed by atoms with Gasteiger partial charge in [-0.15, -0.1) is 0 Å². The molecule has 0 saturated carbocycles. The number of carbonyl (C=O) groups is 1. The lowest BCUT2D eigenvalue weighted by atomic mass is 9.82. The SMILES string of the molecule is O=C(NOCc1cccnc1)[C@@H]1COCC[C@@H]1c1ccccc1. The Kier molecular flexibility index (Phi) is 5.34. The van der Waals surface area contributed by atoms with E-state index in [1.807, 2.05) is 30.3 Å². The summed E-state index contributed by atoms with van der Waals surface area (Å²) >= 11 is 0. The van der Waals surface area contributed by atoms with Gasteiger partial charge in [-0.3, -0.25) is 14.6 Å². The lowest BCUT2D eigenvalue weighted by Crippen LogP contribution is -2.39. The molecule has 3 rings (SSSR count). The second-order valence-electron chi connectivity index (χ2n) is 5.60. The fraction of sp³-hybridized carbons (Fsp3) is 0.333. The van der Waals surface area contributed by atoms with Crippen molar-refractivity contribution in [2.24, 2.45) is 5.92 Å². The van der Waals surface area contributed by atoms with Crippen LogP contribution >= 0.6 is 0 Å². The number of hydroxylamine groups is 1. The molecule has 1 fully saturated rings. The van der Waals surface area contributed by atoms with Crippen LogP contribution in [0.5, 0.6) is 0 Å². The van der Waals surface area contributed by atoms with Crippen LogP contribution in [-0.2, 0) is 21.0 Å². The third kappa shape index (κ3) is 4.15. The monoisotopic (exact) mass is 312 g/mol. The Hall–Kier alpha value is -2.24. The smallest absolute Gasteiger partial charge is 0.249 e. The zero-order valence-electron chi connectivity index (χ0n) is 12.9. The minimum absolute atomic E-state index is 0.137. The fourth-order valence-electron chi connectivity index (χ4n) is 2.85. The number of hydrogen-bond acceptors (Lipinski definition) is 4. The molecule has 2 heterocycles. The van der Waals surface area contributed by atoms with Gasteiger partial charge in [0, 0.05) is 19.0 Å². The highest BCUT2D eigenvalue weighted by atomic mass is 16.7. The minimum atomic E-state index is -0.236. The van der Waals surface area contributed by atoms with E-state index in [9.17, 15) is 4.79 Å². The van der Waals surface area contributed by atoms with Crippen molar-refractivity contribution in [1.82, 2.24) is 10.5 Å². The maximum Gasteiger partial charge on any atom is 0.249 e. The van der Waals surface area contributed by atoms with E-state index in [1.54, 1.807) is 12.4 Å². The van der Waals surface area contributed by atoms with Crippen LogP contribution in [0.3, 0.4) is 0 Å². The van der Waals surface area contributed by atoms with E-state index >= 15 is 0 Å². The van der Waals surface area contributed by atoms with Gasteiger partial charge in [-0.2, -0.15) is 0 Å². The van der Waals surface area contributed by atoms with Crippen molar-refractivity contribution in [3.63, 3.8) is 0 Å². The second-order valence-corrected chi connectivity index (χ2v) is 5.60. The molecule has 0 bridgehead atoms. The summed E-state index contributed by atoms with van der Waals surface area (Å²) in [5.74, 6) is -0.213. The Labute approximate surface area is 135 Å². The highest BCUT2D eigenvalue weighted by Crippen LogP contribution is 2.32. The molecular weight excluding hydrogens is 292 g/mol. The van der Waals surface area contributed by atoms with Crippen molar-refractivity contribution in [1.29, 1.82) is 0 Å². The normalized spacial score (nSPS) is 20.9. The number of pyridine rings is 1. The third-order valence-corrected chi connectivity index (χ3v) is 4.06. The maximum absolute atomic E-state index is 12.4. The highest BCUT2D eigenvalue weighted by molar-refractivity contribution is 5.79. The quantitative estimate of drug-likeness (QED) is 0.862. The van der Waals surface area contributed by atoms with Crippen molar-refractivity contribution in [3.05, 3.63) is 66.0 Å². The summed E-state index contributed by atoms with van der Waals surface area (Å²) in [6, 6.07) is 13.8. The molecule has 1 saturated heterocycles. The minimum Gasteiger partial charge on any atom is -0.381 e. The van der Waals surface area contributed by atoms with E-state index in [0.717, 1.165) is 12.0 Å². The molecular formula is C18H20N2O3. The molecule has 5 nitrogen and oxygen atoms in total. The van der Waals surface area contributed by atoms with Crippen LogP contribution in [-0.4, -0.2) is 24.1 Å². The Balaban J connectivity index is 1.58. The molecule has 1 aromatic carbocycles. The summed E-state index contributed by atoms with van der Waals surface area (Å²) in [6.45, 7) is 1.39. The van der Waals surface area contributed by atoms with Crippen molar-refractivity contribution >= 4 is 5.91 Å². The average Bonchev–Trinajstić information content (AvgIpc) is 2.63. The number of amides is 1. The second kappa shape index (κ2) is 7.85. The zero-order valence-corrected chi connectivity index (χ0v) is 12.9. The average molecular weight is 312 g/mol. The van der Waals surface area contributed by atoms with Gasteiger partial charge in [0.25, 0.3) is 0 Å². The van der Waals surface area contributed by atoms with Crippen LogP contribution in [0.2, 0.25) is 0 Å². The van der Waals surface area contributed by atoms with E-state index < -0.39 is 0 Å². The molecule has 120 valence electrons. The van der Waals surface area contributed by atoms with Crippen LogP contribution in [0.1, 0.15) is 23.5 Å². The van der Waals surface area contributed by atoms with Crippen molar-refractivity contribution < 1.29 is 14.4 Å². The first-order valence-electron chi connectivity index (χ1n) is 7.78. The number of aromatic nitrogens is 1. The third-order valence-electron chi connectivity index (χ3n) is 4.06. The first-order chi connectivity index (χ1) is 11.3. The Bertz CT molecular complexity index is 619. The molecule has 0 spiro atoms. The van der Waals surface area contributed by atoms with Gasteiger partial charge >= 0.3 is 0 Å². The Morgan fingerprint density at radius 1 is 1.26 bits per heavy atom. The summed E-state index contributed by atoms with van der Waals surface area (Å²) in [7, 11) is 0. The molecule has 0 unspecified atom stereocenters. The topological polar surface area (TPSA) is 60.5 Å². The summed E-state index contributed by atoms with van der Waals surface area (Å²) in [5, 5.41) is 0. The number of carbonyl (C=O) groups excluding carboxylic acids is 1. The van der Waals surface area contributed by atoms with Gasteiger partial charge in [0.15, 0.2) is 0 Å². The summed E-state index contributed by atoms with van der Waals surface area (Å²) in [4.78, 5) is 21.8. The molecule has 1 aliphatic heterocycles. The van der Waals surface area contributed by atoms with Crippen molar-refractivity contribution in [2.75, 3.05) is 13.2 Å². The molecule has 0 aliphatic carbocycles. The number of rotatable bonds is 5. The van der Waals surface area contributed by atoms with Gasteiger partial charge in [0.1, 0.15) is 6.61 Å². The van der Waals surface area contributed by atoms with Crippen molar-refractivity contribution in [2.45, 2.75) is 18.9 Å². The van der Waals surface area contributed by atoms with Crippen LogP contribution in [0.4, 0.5) is 0 Å². The standard InChI is InChI=1S/C18H20N2O3/c21-18(20-23-12-14-5-4-9-19-11-14)17-13-22-10-8-16(17)15-6-2-1-3-7-15/h1-7,9,11,16-17H,8,10,12-13H2,(H,20,21)/t16-,17-/m1/s1. The lowest BCUT2D eigenvalue weighted by molar-refractivity contribution is -0.144. The van der Waals surface area contributed by atoms with Crippen LogP contribution in [0, 0.1) is 5.92 Å². The van der Waals surface area contributed by atoms with Gasteiger partial charge < -0.3 is 4.74 Å². The molecule has 2 atom stereocenters. The molecule has 1 N–H and O–H groups in total. The first-order valence-corrected chi connectivity index (χ1v) is 7.78. The van der Waals surface area contributed by atoms with Gasteiger partial charge in [0.2, 0.25) is 5.91 Å². The number of nitrogens with one attached hydrogen (secondary N) is 1. The van der Waals surface area contributed by atoms with Gasteiger partial charge in [0.05, 0.1) is 12.5 Å². The highest BCUT2D eigenvalue weighted by Gasteiger charge is 2.32. The van der Waals surface area contributed by atoms with Crippen LogP contribution in [0.25, 0.3) is 0 Å². The molecule has 1 aliphatic rings. The molecule has 1 amide bonds. The van der Waals surface area contributed by atoms with Gasteiger partial charge in [-0.25, -0.2) is 5.48 Å². The van der Waals surface area contributed by atoms with Crippen LogP contribution < -0.4 is 5.48 Å². The number of nitrogens with zero attached hydrogens (tertiary/aromatic N) is 1. The number of benzene rings is 1. The van der Waals surface area contributed by atoms with E-state index in [4.69, 9.17) is 9.57 Å². The summed E-state index contributed by atoms with van der Waals surface area (Å²) < 4.78 is 5.49. The van der Waals surface area contributed by atoms with Gasteiger partial charge in [-0.1, -0.05) is 36.4 Å². The largest absolute Gasteiger partial charge is 0.381 e.